The second-order valence-corrected chi connectivity index (χ2v) is 5.07. The molecular weight excluding hydrogens is 316 g/mol. The summed E-state index contributed by atoms with van der Waals surface area (Å²) in [6.07, 6.45) is 2.86. The fourth-order valence-corrected chi connectivity index (χ4v) is 1.95. The Hall–Kier alpha value is -2.12. The van der Waals surface area contributed by atoms with E-state index in [-0.39, 0.29) is 24.9 Å². The van der Waals surface area contributed by atoms with Crippen LogP contribution in [0.5, 0.6) is 0 Å². The Morgan fingerprint density at radius 2 is 1.75 bits per heavy atom. The van der Waals surface area contributed by atoms with Gasteiger partial charge in [-0.05, 0) is 33.1 Å². The Kier molecular flexibility index (Phi) is 13.2. The zero-order valence-corrected chi connectivity index (χ0v) is 14.5. The highest BCUT2D eigenvalue weighted by Gasteiger charge is 2.20. The van der Waals surface area contributed by atoms with Crippen LogP contribution in [-0.4, -0.2) is 50.1 Å². The number of hydrogen-bond acceptors (Lipinski definition) is 6. The lowest BCUT2D eigenvalue weighted by Crippen LogP contribution is -2.47. The van der Waals surface area contributed by atoms with Gasteiger partial charge in [-0.1, -0.05) is 6.42 Å². The van der Waals surface area contributed by atoms with Crippen molar-refractivity contribution in [3.8, 4) is 0 Å². The summed E-state index contributed by atoms with van der Waals surface area (Å²) in [5, 5.41) is 5.19. The van der Waals surface area contributed by atoms with Gasteiger partial charge < -0.3 is 24.9 Å². The Morgan fingerprint density at radius 3 is 2.38 bits per heavy atom. The molecule has 0 rings (SSSR count). The van der Waals surface area contributed by atoms with Crippen LogP contribution in [-0.2, 0) is 23.9 Å². The minimum absolute atomic E-state index is 0.211. The number of rotatable bonds is 13. The van der Waals surface area contributed by atoms with Crippen molar-refractivity contribution in [3.05, 3.63) is 0 Å². The Morgan fingerprint density at radius 1 is 1.04 bits per heavy atom. The normalized spacial score (nSPS) is 11.2. The van der Waals surface area contributed by atoms with E-state index in [2.05, 4.69) is 10.6 Å². The summed E-state index contributed by atoms with van der Waals surface area (Å²) in [6.45, 7) is 4.33. The number of hydrogen-bond donors (Lipinski definition) is 2. The molecule has 138 valence electrons. The second kappa shape index (κ2) is 14.5. The molecule has 2 amide bonds. The predicted octanol–water partition coefficient (Wildman–Crippen LogP) is 1.32. The van der Waals surface area contributed by atoms with Crippen molar-refractivity contribution in [2.45, 2.75) is 58.4 Å². The number of esters is 1. The number of carbonyl (C=O) groups is 4. The first kappa shape index (κ1) is 21.9. The van der Waals surface area contributed by atoms with Gasteiger partial charge in [0, 0.05) is 19.4 Å². The van der Waals surface area contributed by atoms with Gasteiger partial charge in [-0.2, -0.15) is 0 Å². The van der Waals surface area contributed by atoms with Crippen molar-refractivity contribution < 1.29 is 28.7 Å². The highest BCUT2D eigenvalue weighted by Crippen LogP contribution is 2.06. The molecule has 0 spiro atoms. The van der Waals surface area contributed by atoms with Crippen LogP contribution in [0.25, 0.3) is 0 Å². The van der Waals surface area contributed by atoms with E-state index < -0.39 is 12.1 Å². The van der Waals surface area contributed by atoms with Crippen molar-refractivity contribution in [1.82, 2.24) is 10.6 Å². The molecule has 0 bridgehead atoms. The SMILES string of the molecule is CCOC(=O)CCCCC(NC(=O)OCC)C(=O)NCCCC=O. The summed E-state index contributed by atoms with van der Waals surface area (Å²) in [7, 11) is 0. The second-order valence-electron chi connectivity index (χ2n) is 5.07. The molecule has 0 heterocycles. The van der Waals surface area contributed by atoms with E-state index >= 15 is 0 Å². The molecule has 0 saturated carbocycles. The van der Waals surface area contributed by atoms with Gasteiger partial charge in [0.15, 0.2) is 0 Å². The van der Waals surface area contributed by atoms with Crippen LogP contribution < -0.4 is 10.6 Å². The maximum Gasteiger partial charge on any atom is 0.407 e. The summed E-state index contributed by atoms with van der Waals surface area (Å²) in [6, 6.07) is -0.734. The van der Waals surface area contributed by atoms with Crippen LogP contribution >= 0.6 is 0 Å². The van der Waals surface area contributed by atoms with Crippen LogP contribution in [0.1, 0.15) is 52.4 Å². The summed E-state index contributed by atoms with van der Waals surface area (Å²) < 4.78 is 9.62. The van der Waals surface area contributed by atoms with Gasteiger partial charge in [0.2, 0.25) is 5.91 Å². The molecule has 0 aromatic carbocycles. The van der Waals surface area contributed by atoms with E-state index in [9.17, 15) is 19.2 Å². The minimum atomic E-state index is -0.734. The van der Waals surface area contributed by atoms with E-state index in [1.165, 1.54) is 0 Å². The first-order chi connectivity index (χ1) is 11.5. The third-order valence-electron chi connectivity index (χ3n) is 3.11. The molecule has 0 aliphatic heterocycles. The number of nitrogens with one attached hydrogen (secondary N) is 2. The van der Waals surface area contributed by atoms with Gasteiger partial charge in [-0.25, -0.2) is 4.79 Å². The number of carbonyl (C=O) groups excluding carboxylic acids is 4. The van der Waals surface area contributed by atoms with Crippen molar-refractivity contribution in [1.29, 1.82) is 0 Å². The first-order valence-corrected chi connectivity index (χ1v) is 8.35. The monoisotopic (exact) mass is 344 g/mol. The zero-order chi connectivity index (χ0) is 18.2. The van der Waals surface area contributed by atoms with Crippen LogP contribution in [0.15, 0.2) is 0 Å². The number of amides is 2. The average Bonchev–Trinajstić information content (AvgIpc) is 2.54. The molecule has 0 saturated heterocycles. The maximum atomic E-state index is 12.1. The lowest BCUT2D eigenvalue weighted by Gasteiger charge is -2.18. The van der Waals surface area contributed by atoms with E-state index in [4.69, 9.17) is 9.47 Å². The van der Waals surface area contributed by atoms with Gasteiger partial charge in [0.1, 0.15) is 12.3 Å². The Labute approximate surface area is 142 Å². The highest BCUT2D eigenvalue weighted by atomic mass is 16.5. The summed E-state index contributed by atoms with van der Waals surface area (Å²) >= 11 is 0. The molecule has 0 aliphatic rings. The van der Waals surface area contributed by atoms with Crippen molar-refractivity contribution >= 4 is 24.3 Å². The van der Waals surface area contributed by atoms with Crippen LogP contribution in [0.2, 0.25) is 0 Å². The molecular formula is C16H28N2O6. The maximum absolute atomic E-state index is 12.1. The van der Waals surface area contributed by atoms with E-state index in [1.54, 1.807) is 13.8 Å². The van der Waals surface area contributed by atoms with Crippen LogP contribution in [0.3, 0.4) is 0 Å². The third kappa shape index (κ3) is 11.4. The van der Waals surface area contributed by atoms with Gasteiger partial charge in [-0.15, -0.1) is 0 Å². The average molecular weight is 344 g/mol. The van der Waals surface area contributed by atoms with E-state index in [0.29, 0.717) is 45.3 Å². The molecule has 0 radical (unpaired) electrons. The molecule has 0 aliphatic carbocycles. The number of ether oxygens (including phenoxy) is 2. The summed E-state index contributed by atoms with van der Waals surface area (Å²) in [5.74, 6) is -0.601. The number of unbranched alkanes of at least 4 members (excludes halogenated alkanes) is 2. The third-order valence-corrected chi connectivity index (χ3v) is 3.11. The number of aldehydes is 1. The fourth-order valence-electron chi connectivity index (χ4n) is 1.95. The van der Waals surface area contributed by atoms with Gasteiger partial charge in [0.05, 0.1) is 13.2 Å². The molecule has 2 N–H and O–H groups in total. The van der Waals surface area contributed by atoms with Crippen molar-refractivity contribution in [2.75, 3.05) is 19.8 Å². The highest BCUT2D eigenvalue weighted by molar-refractivity contribution is 5.85. The molecule has 1 unspecified atom stereocenters. The van der Waals surface area contributed by atoms with Crippen molar-refractivity contribution in [2.24, 2.45) is 0 Å². The van der Waals surface area contributed by atoms with E-state index in [1.807, 2.05) is 0 Å². The smallest absolute Gasteiger partial charge is 0.407 e. The molecule has 8 nitrogen and oxygen atoms in total. The van der Waals surface area contributed by atoms with E-state index in [0.717, 1.165) is 6.29 Å². The van der Waals surface area contributed by atoms with Gasteiger partial charge in [0.25, 0.3) is 0 Å². The van der Waals surface area contributed by atoms with Crippen LogP contribution in [0.4, 0.5) is 4.79 Å². The van der Waals surface area contributed by atoms with Crippen LogP contribution in [0, 0.1) is 0 Å². The lowest BCUT2D eigenvalue weighted by molar-refractivity contribution is -0.143. The topological polar surface area (TPSA) is 111 Å². The molecule has 24 heavy (non-hydrogen) atoms. The Balaban J connectivity index is 4.30. The van der Waals surface area contributed by atoms with Gasteiger partial charge >= 0.3 is 12.1 Å². The quantitative estimate of drug-likeness (QED) is 0.296. The fraction of sp³-hybridized carbons (Fsp3) is 0.750. The van der Waals surface area contributed by atoms with Gasteiger partial charge in [-0.3, -0.25) is 9.59 Å². The minimum Gasteiger partial charge on any atom is -0.466 e. The lowest BCUT2D eigenvalue weighted by atomic mass is 10.1. The standard InChI is InChI=1S/C16H28N2O6/c1-3-23-14(20)10-6-5-9-13(18-16(22)24-4-2)15(21)17-11-7-8-12-19/h12-13H,3-11H2,1-2H3,(H,17,21)(H,18,22). The van der Waals surface area contributed by atoms with Crippen molar-refractivity contribution in [3.63, 3.8) is 0 Å². The molecule has 8 heteroatoms. The molecule has 0 aromatic rings. The molecule has 0 fully saturated rings. The summed E-state index contributed by atoms with van der Waals surface area (Å²) in [4.78, 5) is 45.2. The first-order valence-electron chi connectivity index (χ1n) is 8.35. The largest absolute Gasteiger partial charge is 0.466 e. The summed E-state index contributed by atoms with van der Waals surface area (Å²) in [5.41, 5.74) is 0. The number of alkyl carbamates (subject to hydrolysis) is 1. The zero-order valence-electron chi connectivity index (χ0n) is 14.5. The molecule has 0 aromatic heterocycles. The Bertz CT molecular complexity index is 400. The predicted molar refractivity (Wildman–Crippen MR) is 87.4 cm³/mol. The molecule has 1 atom stereocenters.